The minimum Gasteiger partial charge on any atom is -0.455 e. The molecule has 2 bridgehead atoms. The first-order chi connectivity index (χ1) is 29.5. The van der Waals surface area contributed by atoms with Crippen LogP contribution in [0.2, 0.25) is 0 Å². The molecular weight excluding hydrogens is 853 g/mol. The van der Waals surface area contributed by atoms with Crippen LogP contribution in [0.4, 0.5) is 9.59 Å². The van der Waals surface area contributed by atoms with E-state index >= 15 is 4.79 Å². The third kappa shape index (κ3) is 8.51. The molecule has 1 aromatic heterocycles. The minimum atomic E-state index is -1.84. The maximum Gasteiger partial charge on any atom is 0.509 e. The van der Waals surface area contributed by atoms with Crippen molar-refractivity contribution in [1.82, 2.24) is 10.3 Å². The zero-order valence-electron chi connectivity index (χ0n) is 37.9. The van der Waals surface area contributed by atoms with Crippen molar-refractivity contribution < 1.29 is 62.5 Å². The number of nitrogens with one attached hydrogen (secondary N) is 1. The molecule has 3 fully saturated rings. The molecule has 1 aromatic carbocycles. The third-order valence-electron chi connectivity index (χ3n) is 14.4. The van der Waals surface area contributed by atoms with E-state index in [1.54, 1.807) is 71.1 Å². The largest absolute Gasteiger partial charge is 0.509 e. The standard InChI is InChI=1S/C46H62N2O13S2/c1-26-29(24-45(53)27(2)44(9)43(8,30(55-10)23-31-46(44,54)25-58-31)37(49)35(56-11)33(26)42(45,6)7)59-38(50)36(60-40(52)57-21-22-62-63-32-19-15-16-20-47-32)34(28-17-13-12-14-18-28)48-39(51)61-41(3,4)5/h12-20,27,29-31,34-36,53-54H,21-25H2,1-11H3,(H,48,51)/t27-,29-,30-,31+,34-,35+,36?,43-,44-,45+,46-/m0/s1. The molecule has 346 valence electrons. The zero-order chi connectivity index (χ0) is 46.3. The number of nitrogens with zero attached hydrogens (tertiary/aromatic N) is 1. The van der Waals surface area contributed by atoms with Crippen LogP contribution in [-0.4, -0.2) is 120 Å². The maximum absolute atomic E-state index is 15.4. The van der Waals surface area contributed by atoms with Gasteiger partial charge in [0.15, 0.2) is 5.78 Å². The molecule has 0 spiro atoms. The first kappa shape index (κ1) is 48.7. The van der Waals surface area contributed by atoms with Gasteiger partial charge in [-0.15, -0.1) is 0 Å². The molecule has 11 atom stereocenters. The Hall–Kier alpha value is -3.71. The normalized spacial score (nSPS) is 33.2. The van der Waals surface area contributed by atoms with Gasteiger partial charge in [0.2, 0.25) is 6.10 Å². The number of hydrogen-bond acceptors (Lipinski definition) is 16. The summed E-state index contributed by atoms with van der Waals surface area (Å²) in [7, 11) is 5.73. The highest BCUT2D eigenvalue weighted by atomic mass is 33.1. The van der Waals surface area contributed by atoms with E-state index in [2.05, 4.69) is 10.3 Å². The number of amides is 1. The van der Waals surface area contributed by atoms with Crippen molar-refractivity contribution in [3.05, 3.63) is 71.4 Å². The van der Waals surface area contributed by atoms with Gasteiger partial charge in [-0.3, -0.25) is 4.79 Å². The van der Waals surface area contributed by atoms with Crippen molar-refractivity contribution >= 4 is 45.6 Å². The molecule has 1 amide bonds. The van der Waals surface area contributed by atoms with Crippen LogP contribution in [0.3, 0.4) is 0 Å². The number of Topliss-reactive ketones (excluding diaryl/α,β-unsaturated/α-hetero) is 1. The smallest absolute Gasteiger partial charge is 0.455 e. The fourth-order valence-electron chi connectivity index (χ4n) is 10.7. The van der Waals surface area contributed by atoms with E-state index in [9.17, 15) is 24.6 Å². The third-order valence-corrected chi connectivity index (χ3v) is 16.6. The van der Waals surface area contributed by atoms with Gasteiger partial charge >= 0.3 is 18.2 Å². The first-order valence-electron chi connectivity index (χ1n) is 21.2. The lowest BCUT2D eigenvalue weighted by atomic mass is 9.36. The van der Waals surface area contributed by atoms with Crippen LogP contribution in [0.5, 0.6) is 0 Å². The average molecular weight is 915 g/mol. The minimum absolute atomic E-state index is 0.0610. The fourth-order valence-corrected chi connectivity index (χ4v) is 12.4. The summed E-state index contributed by atoms with van der Waals surface area (Å²) in [6.07, 6.45) is -6.04. The second-order valence-corrected chi connectivity index (χ2v) is 21.2. The van der Waals surface area contributed by atoms with E-state index < -0.39 is 93.7 Å². The van der Waals surface area contributed by atoms with Gasteiger partial charge < -0.3 is 48.7 Å². The SMILES string of the molecule is CO[C@H]1C(=O)[C@]2(C)[C@@H](OC)C[C@H]3OC[C@@]3(O)[C@@]2(C)[C@H](C)[C@]2(O)C[C@H](OC(=O)C(OC(=O)OCCSSc3ccccn3)[C@@H](NC(=O)OC(C)(C)C)c3ccccc3)C(C)=C1C2(C)C. The number of methoxy groups -OCH3 is 2. The van der Waals surface area contributed by atoms with Crippen LogP contribution in [0, 0.1) is 22.2 Å². The average Bonchev–Trinajstić information content (AvgIpc) is 3.23. The Labute approximate surface area is 377 Å². The Morgan fingerprint density at radius 1 is 1.00 bits per heavy atom. The number of pyridine rings is 1. The summed E-state index contributed by atoms with van der Waals surface area (Å²) in [5, 5.41) is 29.5. The van der Waals surface area contributed by atoms with Gasteiger partial charge in [-0.25, -0.2) is 19.4 Å². The highest BCUT2D eigenvalue weighted by Crippen LogP contribution is 2.70. The molecule has 6 rings (SSSR count). The number of carbonyl (C=O) groups is 4. The number of ketones is 1. The molecule has 1 saturated heterocycles. The topological polar surface area (TPSA) is 198 Å². The molecule has 1 unspecified atom stereocenters. The molecule has 2 aromatic rings. The Bertz CT molecular complexity index is 2050. The summed E-state index contributed by atoms with van der Waals surface area (Å²) in [6, 6.07) is 12.6. The second kappa shape index (κ2) is 18.3. The number of rotatable bonds is 13. The molecule has 2 heterocycles. The quantitative estimate of drug-likeness (QED) is 0.0623. The van der Waals surface area contributed by atoms with Crippen molar-refractivity contribution in [3.63, 3.8) is 0 Å². The summed E-state index contributed by atoms with van der Waals surface area (Å²) >= 11 is 0. The van der Waals surface area contributed by atoms with Crippen molar-refractivity contribution in [1.29, 1.82) is 0 Å². The predicted octanol–water partition coefficient (Wildman–Crippen LogP) is 6.79. The van der Waals surface area contributed by atoms with Gasteiger partial charge in [-0.05, 0) is 80.2 Å². The number of fused-ring (bicyclic) bond motifs is 5. The van der Waals surface area contributed by atoms with Crippen LogP contribution in [0.25, 0.3) is 0 Å². The van der Waals surface area contributed by atoms with E-state index in [-0.39, 0.29) is 31.8 Å². The van der Waals surface area contributed by atoms with Crippen LogP contribution >= 0.6 is 21.6 Å². The highest BCUT2D eigenvalue weighted by Gasteiger charge is 2.80. The summed E-state index contributed by atoms with van der Waals surface area (Å²) in [5.74, 6) is -1.93. The number of aliphatic hydroxyl groups is 2. The number of carbonyl (C=O) groups excluding carboxylic acids is 4. The lowest BCUT2D eigenvalue weighted by molar-refractivity contribution is -0.373. The first-order valence-corrected chi connectivity index (χ1v) is 23.5. The van der Waals surface area contributed by atoms with Crippen LogP contribution in [-0.2, 0) is 42.7 Å². The lowest BCUT2D eigenvalue weighted by Gasteiger charge is -2.73. The number of esters is 1. The highest BCUT2D eigenvalue weighted by molar-refractivity contribution is 8.76. The van der Waals surface area contributed by atoms with E-state index in [0.29, 0.717) is 22.5 Å². The molecule has 17 heteroatoms. The summed E-state index contributed by atoms with van der Waals surface area (Å²) in [6.45, 7) is 15.7. The van der Waals surface area contributed by atoms with E-state index in [1.807, 2.05) is 45.9 Å². The van der Waals surface area contributed by atoms with E-state index in [0.717, 1.165) is 5.03 Å². The number of alkyl carbamates (subject to hydrolysis) is 1. The number of benzene rings is 1. The molecular formula is C46H62N2O13S2. The summed E-state index contributed by atoms with van der Waals surface area (Å²) in [4.78, 5) is 61.4. The Morgan fingerprint density at radius 3 is 2.27 bits per heavy atom. The molecule has 2 saturated carbocycles. The fraction of sp³-hybridized carbons (Fsp3) is 0.630. The molecule has 3 N–H and O–H groups in total. The van der Waals surface area contributed by atoms with Crippen molar-refractivity contribution in [2.24, 2.45) is 22.2 Å². The van der Waals surface area contributed by atoms with Crippen LogP contribution < -0.4 is 5.32 Å². The monoisotopic (exact) mass is 914 g/mol. The Balaban J connectivity index is 1.38. The van der Waals surface area contributed by atoms with Crippen molar-refractivity contribution in [2.45, 2.75) is 134 Å². The molecule has 3 aliphatic carbocycles. The number of ether oxygens (including phenoxy) is 7. The van der Waals surface area contributed by atoms with Gasteiger partial charge in [0.25, 0.3) is 0 Å². The van der Waals surface area contributed by atoms with E-state index in [4.69, 9.17) is 33.2 Å². The number of hydrogen-bond donors (Lipinski definition) is 3. The van der Waals surface area contributed by atoms with Crippen LogP contribution in [0.1, 0.15) is 86.8 Å². The van der Waals surface area contributed by atoms with Crippen molar-refractivity contribution in [3.8, 4) is 0 Å². The summed E-state index contributed by atoms with van der Waals surface area (Å²) in [5.41, 5.74) is -6.94. The number of aromatic nitrogens is 1. The zero-order valence-corrected chi connectivity index (χ0v) is 39.6. The summed E-state index contributed by atoms with van der Waals surface area (Å²) < 4.78 is 41.2. The second-order valence-electron chi connectivity index (χ2n) is 18.8. The molecule has 1 aliphatic heterocycles. The molecule has 63 heavy (non-hydrogen) atoms. The van der Waals surface area contributed by atoms with Crippen LogP contribution in [0.15, 0.2) is 70.9 Å². The molecule has 0 radical (unpaired) electrons. The predicted molar refractivity (Wildman–Crippen MR) is 235 cm³/mol. The Morgan fingerprint density at radius 2 is 1.68 bits per heavy atom. The maximum atomic E-state index is 15.4. The van der Waals surface area contributed by atoms with Gasteiger partial charge in [0.05, 0.1) is 29.8 Å². The molecule has 15 nitrogen and oxygen atoms in total. The van der Waals surface area contributed by atoms with E-state index in [1.165, 1.54) is 35.8 Å². The van der Waals surface area contributed by atoms with Gasteiger partial charge in [-0.2, -0.15) is 0 Å². The molecule has 4 aliphatic rings. The lowest BCUT2D eigenvalue weighted by Crippen LogP contribution is -2.83. The van der Waals surface area contributed by atoms with Gasteiger partial charge in [0.1, 0.15) is 41.1 Å². The van der Waals surface area contributed by atoms with Gasteiger partial charge in [-0.1, -0.05) is 74.9 Å². The Kier molecular flexibility index (Phi) is 14.1. The van der Waals surface area contributed by atoms with Gasteiger partial charge in [0, 0.05) is 49.8 Å². The van der Waals surface area contributed by atoms with Crippen molar-refractivity contribution in [2.75, 3.05) is 33.2 Å².